The lowest BCUT2D eigenvalue weighted by molar-refractivity contribution is 0.327. The van der Waals surface area contributed by atoms with Crippen LogP contribution in [0, 0.1) is 0 Å². The molecule has 1 N–H and O–H groups in total. The van der Waals surface area contributed by atoms with E-state index in [1.54, 1.807) is 0 Å². The number of allylic oxidation sites excluding steroid dienone is 1. The molecule has 1 nitrogen and oxygen atoms in total. The van der Waals surface area contributed by atoms with Crippen LogP contribution in [0.2, 0.25) is 0 Å². The van der Waals surface area contributed by atoms with Crippen molar-refractivity contribution in [2.45, 2.75) is 19.3 Å². The highest BCUT2D eigenvalue weighted by molar-refractivity contribution is 5.37. The van der Waals surface area contributed by atoms with Crippen molar-refractivity contribution in [1.29, 1.82) is 0 Å². The van der Waals surface area contributed by atoms with Crippen LogP contribution in [0.3, 0.4) is 0 Å². The zero-order chi connectivity index (χ0) is 13.5. The van der Waals surface area contributed by atoms with E-state index in [2.05, 4.69) is 61.5 Å². The van der Waals surface area contributed by atoms with E-state index >= 15 is 0 Å². The molecule has 98 valence electrons. The summed E-state index contributed by atoms with van der Waals surface area (Å²) in [5, 5.41) is 9.40. The number of hydrogen-bond donors (Lipinski definition) is 1. The fourth-order valence-corrected chi connectivity index (χ4v) is 2.22. The number of aliphatic hydroxyl groups excluding tert-OH is 1. The average molecular weight is 252 g/mol. The van der Waals surface area contributed by atoms with E-state index in [-0.39, 0.29) is 12.5 Å². The highest BCUT2D eigenvalue weighted by atomic mass is 16.3. The molecule has 2 aromatic carbocycles. The van der Waals surface area contributed by atoms with Crippen LogP contribution < -0.4 is 0 Å². The van der Waals surface area contributed by atoms with Crippen molar-refractivity contribution < 1.29 is 5.11 Å². The summed E-state index contributed by atoms with van der Waals surface area (Å²) in [5.74, 6) is 0.212. The van der Waals surface area contributed by atoms with Crippen molar-refractivity contribution in [3.63, 3.8) is 0 Å². The maximum absolute atomic E-state index is 9.40. The Morgan fingerprint density at radius 3 is 1.79 bits per heavy atom. The Labute approximate surface area is 115 Å². The van der Waals surface area contributed by atoms with Gasteiger partial charge in [-0.25, -0.2) is 0 Å². The van der Waals surface area contributed by atoms with Gasteiger partial charge in [-0.05, 0) is 23.1 Å². The van der Waals surface area contributed by atoms with Crippen LogP contribution in [-0.4, -0.2) is 11.7 Å². The van der Waals surface area contributed by atoms with Crippen molar-refractivity contribution in [2.24, 2.45) is 0 Å². The van der Waals surface area contributed by atoms with E-state index in [4.69, 9.17) is 0 Å². The molecule has 0 spiro atoms. The molecular formula is C18H20O. The standard InChI is InChI=1S/C18H20O/c1-2-15(14-19)13-18(16-9-5-3-6-10-16)17-11-7-4-8-12-17/h3-13,18-19H,2,14H2,1H3/b15-13-. The lowest BCUT2D eigenvalue weighted by Gasteiger charge is -2.16. The molecule has 0 saturated carbocycles. The first-order valence-electron chi connectivity index (χ1n) is 6.75. The van der Waals surface area contributed by atoms with Gasteiger partial charge in [0.1, 0.15) is 0 Å². The molecule has 0 heterocycles. The molecule has 19 heavy (non-hydrogen) atoms. The van der Waals surface area contributed by atoms with Gasteiger partial charge in [-0.15, -0.1) is 0 Å². The summed E-state index contributed by atoms with van der Waals surface area (Å²) < 4.78 is 0. The molecule has 0 amide bonds. The van der Waals surface area contributed by atoms with E-state index in [0.29, 0.717) is 0 Å². The summed E-state index contributed by atoms with van der Waals surface area (Å²) in [6.07, 6.45) is 3.07. The topological polar surface area (TPSA) is 20.2 Å². The molecule has 2 rings (SSSR count). The van der Waals surface area contributed by atoms with Crippen LogP contribution in [0.1, 0.15) is 30.4 Å². The highest BCUT2D eigenvalue weighted by Crippen LogP contribution is 2.27. The third-order valence-corrected chi connectivity index (χ3v) is 3.38. The van der Waals surface area contributed by atoms with Crippen molar-refractivity contribution >= 4 is 0 Å². The molecule has 0 aliphatic heterocycles. The molecule has 0 bridgehead atoms. The van der Waals surface area contributed by atoms with E-state index < -0.39 is 0 Å². The summed E-state index contributed by atoms with van der Waals surface area (Å²) in [6.45, 7) is 2.21. The fraction of sp³-hybridized carbons (Fsp3) is 0.222. The molecule has 0 aliphatic carbocycles. The minimum absolute atomic E-state index is 0.132. The van der Waals surface area contributed by atoms with Gasteiger partial charge in [0.25, 0.3) is 0 Å². The van der Waals surface area contributed by atoms with Gasteiger partial charge in [0, 0.05) is 5.92 Å². The normalized spacial score (nSPS) is 11.8. The Kier molecular flexibility index (Phi) is 4.93. The molecule has 0 unspecified atom stereocenters. The summed E-state index contributed by atoms with van der Waals surface area (Å²) in [4.78, 5) is 0. The SMILES string of the molecule is CC/C(=C/C(c1ccccc1)c1ccccc1)CO. The first-order chi connectivity index (χ1) is 9.35. The summed E-state index contributed by atoms with van der Waals surface area (Å²) in [6, 6.07) is 20.8. The third kappa shape index (κ3) is 3.55. The van der Waals surface area contributed by atoms with Gasteiger partial charge >= 0.3 is 0 Å². The zero-order valence-corrected chi connectivity index (χ0v) is 11.3. The largest absolute Gasteiger partial charge is 0.392 e. The highest BCUT2D eigenvalue weighted by Gasteiger charge is 2.11. The molecular weight excluding hydrogens is 232 g/mol. The molecule has 2 aromatic rings. The zero-order valence-electron chi connectivity index (χ0n) is 11.3. The van der Waals surface area contributed by atoms with Gasteiger partial charge in [0.05, 0.1) is 6.61 Å². The van der Waals surface area contributed by atoms with E-state index in [9.17, 15) is 5.11 Å². The van der Waals surface area contributed by atoms with Gasteiger partial charge in [-0.2, -0.15) is 0 Å². The van der Waals surface area contributed by atoms with Gasteiger partial charge in [-0.3, -0.25) is 0 Å². The monoisotopic (exact) mass is 252 g/mol. The van der Waals surface area contributed by atoms with Gasteiger partial charge < -0.3 is 5.11 Å². The van der Waals surface area contributed by atoms with Crippen molar-refractivity contribution in [2.75, 3.05) is 6.61 Å². The molecule has 0 aliphatic rings. The lowest BCUT2D eigenvalue weighted by Crippen LogP contribution is -2.01. The first-order valence-corrected chi connectivity index (χ1v) is 6.75. The van der Waals surface area contributed by atoms with Crippen LogP contribution in [-0.2, 0) is 0 Å². The number of rotatable bonds is 5. The van der Waals surface area contributed by atoms with Gasteiger partial charge in [-0.1, -0.05) is 73.7 Å². The molecule has 0 fully saturated rings. The predicted octanol–water partition coefficient (Wildman–Crippen LogP) is 4.15. The second-order valence-corrected chi connectivity index (χ2v) is 4.64. The number of benzene rings is 2. The average Bonchev–Trinajstić information content (AvgIpc) is 2.50. The van der Waals surface area contributed by atoms with E-state index in [1.165, 1.54) is 11.1 Å². The second-order valence-electron chi connectivity index (χ2n) is 4.64. The summed E-state index contributed by atoms with van der Waals surface area (Å²) in [7, 11) is 0. The van der Waals surface area contributed by atoms with E-state index in [1.807, 2.05) is 12.1 Å². The number of aliphatic hydroxyl groups is 1. The van der Waals surface area contributed by atoms with Crippen molar-refractivity contribution in [1.82, 2.24) is 0 Å². The summed E-state index contributed by atoms with van der Waals surface area (Å²) in [5.41, 5.74) is 3.60. The molecule has 0 aromatic heterocycles. The molecule has 0 atom stereocenters. The smallest absolute Gasteiger partial charge is 0.0641 e. The van der Waals surface area contributed by atoms with Crippen molar-refractivity contribution in [3.8, 4) is 0 Å². The van der Waals surface area contributed by atoms with Gasteiger partial charge in [0.2, 0.25) is 0 Å². The van der Waals surface area contributed by atoms with Crippen LogP contribution in [0.4, 0.5) is 0 Å². The molecule has 0 saturated heterocycles. The second kappa shape index (κ2) is 6.91. The lowest BCUT2D eigenvalue weighted by atomic mass is 9.89. The van der Waals surface area contributed by atoms with Crippen molar-refractivity contribution in [3.05, 3.63) is 83.4 Å². The van der Waals surface area contributed by atoms with Crippen LogP contribution in [0.5, 0.6) is 0 Å². The Bertz CT molecular complexity index is 468. The summed E-state index contributed by atoms with van der Waals surface area (Å²) >= 11 is 0. The predicted molar refractivity (Wildman–Crippen MR) is 80.2 cm³/mol. The Hall–Kier alpha value is -1.86. The maximum atomic E-state index is 9.40. The molecule has 1 heteroatoms. The molecule has 0 radical (unpaired) electrons. The Balaban J connectivity index is 2.43. The number of hydrogen-bond acceptors (Lipinski definition) is 1. The minimum Gasteiger partial charge on any atom is -0.392 e. The van der Waals surface area contributed by atoms with E-state index in [0.717, 1.165) is 12.0 Å². The van der Waals surface area contributed by atoms with Gasteiger partial charge in [0.15, 0.2) is 0 Å². The third-order valence-electron chi connectivity index (χ3n) is 3.38. The van der Waals surface area contributed by atoms with Crippen LogP contribution in [0.15, 0.2) is 72.3 Å². The van der Waals surface area contributed by atoms with Crippen LogP contribution in [0.25, 0.3) is 0 Å². The quantitative estimate of drug-likeness (QED) is 0.793. The minimum atomic E-state index is 0.132. The van der Waals surface area contributed by atoms with Crippen LogP contribution >= 0.6 is 0 Å². The fourth-order valence-electron chi connectivity index (χ4n) is 2.22. The Morgan fingerprint density at radius 1 is 0.947 bits per heavy atom. The first kappa shape index (κ1) is 13.6. The Morgan fingerprint density at radius 2 is 1.42 bits per heavy atom. The maximum Gasteiger partial charge on any atom is 0.0641 e.